The summed E-state index contributed by atoms with van der Waals surface area (Å²) < 4.78 is 5.08. The Labute approximate surface area is 101 Å². The molecule has 6 heteroatoms. The number of nitrogens with zero attached hydrogens (tertiary/aromatic N) is 3. The van der Waals surface area contributed by atoms with Crippen LogP contribution in [0.4, 0.5) is 0 Å². The van der Waals surface area contributed by atoms with Crippen molar-refractivity contribution in [3.05, 3.63) is 11.7 Å². The molecule has 1 aromatic rings. The maximum Gasteiger partial charge on any atom is 0.317 e. The summed E-state index contributed by atoms with van der Waals surface area (Å²) >= 11 is 0. The average molecular weight is 241 g/mol. The van der Waals surface area contributed by atoms with Gasteiger partial charge in [0.25, 0.3) is 0 Å². The molecule has 1 rings (SSSR count). The molecule has 1 heterocycles. The molecule has 96 valence electrons. The van der Waals surface area contributed by atoms with E-state index in [0.717, 1.165) is 0 Å². The van der Waals surface area contributed by atoms with E-state index in [1.807, 2.05) is 27.7 Å². The van der Waals surface area contributed by atoms with Crippen molar-refractivity contribution in [3.8, 4) is 0 Å². The van der Waals surface area contributed by atoms with Gasteiger partial charge < -0.3 is 9.63 Å². The molecule has 0 atom stereocenters. The molecule has 0 aliphatic rings. The Morgan fingerprint density at radius 1 is 1.41 bits per heavy atom. The maximum absolute atomic E-state index is 10.7. The van der Waals surface area contributed by atoms with Gasteiger partial charge in [-0.3, -0.25) is 9.69 Å². The molecule has 0 radical (unpaired) electrons. The third-order valence-corrected chi connectivity index (χ3v) is 2.39. The second-order valence-corrected chi connectivity index (χ2v) is 4.60. The highest BCUT2D eigenvalue weighted by Gasteiger charge is 2.17. The van der Waals surface area contributed by atoms with Crippen LogP contribution in [0.25, 0.3) is 0 Å². The Bertz CT molecular complexity index is 374. The fraction of sp³-hybridized carbons (Fsp3) is 0.727. The van der Waals surface area contributed by atoms with Crippen LogP contribution in [0.1, 0.15) is 45.3 Å². The van der Waals surface area contributed by atoms with Crippen molar-refractivity contribution in [2.75, 3.05) is 6.54 Å². The lowest BCUT2D eigenvalue weighted by Gasteiger charge is -2.22. The van der Waals surface area contributed by atoms with E-state index in [1.54, 1.807) is 4.90 Å². The Balaban J connectivity index is 2.68. The van der Waals surface area contributed by atoms with E-state index in [4.69, 9.17) is 9.63 Å². The highest BCUT2D eigenvalue weighted by molar-refractivity contribution is 5.69. The predicted octanol–water partition coefficient (Wildman–Crippen LogP) is 1.49. The van der Waals surface area contributed by atoms with Gasteiger partial charge in [-0.25, -0.2) is 0 Å². The fourth-order valence-corrected chi connectivity index (χ4v) is 1.34. The first kappa shape index (κ1) is 13.6. The van der Waals surface area contributed by atoms with E-state index < -0.39 is 5.97 Å². The van der Waals surface area contributed by atoms with Gasteiger partial charge in [-0.1, -0.05) is 19.0 Å². The van der Waals surface area contributed by atoms with E-state index in [1.165, 1.54) is 0 Å². The smallest absolute Gasteiger partial charge is 0.317 e. The molecule has 6 nitrogen and oxygen atoms in total. The molecule has 0 unspecified atom stereocenters. The molecule has 1 aromatic heterocycles. The zero-order chi connectivity index (χ0) is 13.0. The Hall–Kier alpha value is -1.43. The van der Waals surface area contributed by atoms with Gasteiger partial charge in [0.2, 0.25) is 5.89 Å². The Morgan fingerprint density at radius 3 is 2.47 bits per heavy atom. The van der Waals surface area contributed by atoms with E-state index in [2.05, 4.69) is 10.1 Å². The van der Waals surface area contributed by atoms with Gasteiger partial charge in [-0.2, -0.15) is 4.98 Å². The molecule has 17 heavy (non-hydrogen) atoms. The SMILES string of the molecule is CC(C)c1nc(CN(CC(=O)O)C(C)C)no1. The van der Waals surface area contributed by atoms with E-state index >= 15 is 0 Å². The number of rotatable bonds is 6. The molecule has 0 amide bonds. The number of hydrogen-bond donors (Lipinski definition) is 1. The topological polar surface area (TPSA) is 79.5 Å². The summed E-state index contributed by atoms with van der Waals surface area (Å²) in [6.45, 7) is 8.17. The van der Waals surface area contributed by atoms with Crippen LogP contribution in [-0.4, -0.2) is 38.7 Å². The molecule has 0 saturated carbocycles. The number of carboxylic acids is 1. The van der Waals surface area contributed by atoms with Crippen molar-refractivity contribution in [2.45, 2.75) is 46.2 Å². The van der Waals surface area contributed by atoms with Gasteiger partial charge in [0, 0.05) is 12.0 Å². The molecule has 0 saturated heterocycles. The average Bonchev–Trinajstić information content (AvgIpc) is 2.64. The van der Waals surface area contributed by atoms with Crippen LogP contribution in [0.2, 0.25) is 0 Å². The Morgan fingerprint density at radius 2 is 2.06 bits per heavy atom. The van der Waals surface area contributed by atoms with Gasteiger partial charge >= 0.3 is 5.97 Å². The van der Waals surface area contributed by atoms with Gasteiger partial charge in [0.15, 0.2) is 5.82 Å². The summed E-state index contributed by atoms with van der Waals surface area (Å²) in [5.74, 6) is 0.442. The van der Waals surface area contributed by atoms with Crippen LogP contribution in [0.3, 0.4) is 0 Å². The van der Waals surface area contributed by atoms with Crippen molar-refractivity contribution in [1.82, 2.24) is 15.0 Å². The van der Waals surface area contributed by atoms with Crippen molar-refractivity contribution >= 4 is 5.97 Å². The highest BCUT2D eigenvalue weighted by Crippen LogP contribution is 2.12. The molecular formula is C11H19N3O3. The molecular weight excluding hydrogens is 222 g/mol. The first-order valence-corrected chi connectivity index (χ1v) is 5.68. The van der Waals surface area contributed by atoms with E-state index in [0.29, 0.717) is 18.3 Å². The summed E-state index contributed by atoms with van der Waals surface area (Å²) in [5, 5.41) is 12.6. The highest BCUT2D eigenvalue weighted by atomic mass is 16.5. The first-order valence-electron chi connectivity index (χ1n) is 5.68. The second-order valence-electron chi connectivity index (χ2n) is 4.60. The minimum atomic E-state index is -0.855. The number of carbonyl (C=O) groups is 1. The van der Waals surface area contributed by atoms with Gasteiger partial charge in [-0.05, 0) is 13.8 Å². The van der Waals surface area contributed by atoms with Crippen LogP contribution in [0, 0.1) is 0 Å². The van der Waals surface area contributed by atoms with Gasteiger partial charge in [-0.15, -0.1) is 0 Å². The van der Waals surface area contributed by atoms with Crippen LogP contribution in [0.5, 0.6) is 0 Å². The zero-order valence-electron chi connectivity index (χ0n) is 10.7. The summed E-state index contributed by atoms with van der Waals surface area (Å²) in [4.78, 5) is 16.7. The molecule has 0 spiro atoms. The third-order valence-electron chi connectivity index (χ3n) is 2.39. The normalized spacial score (nSPS) is 11.7. The summed E-state index contributed by atoms with van der Waals surface area (Å²) in [7, 11) is 0. The first-order chi connectivity index (χ1) is 7.90. The third kappa shape index (κ3) is 4.14. The minimum Gasteiger partial charge on any atom is -0.480 e. The minimum absolute atomic E-state index is 0.0246. The molecule has 0 aliphatic carbocycles. The van der Waals surface area contributed by atoms with Crippen LogP contribution in [0.15, 0.2) is 4.52 Å². The number of aliphatic carboxylic acids is 1. The molecule has 1 N–H and O–H groups in total. The molecule has 0 bridgehead atoms. The summed E-state index contributed by atoms with van der Waals surface area (Å²) in [6, 6.07) is 0.118. The van der Waals surface area contributed by atoms with Crippen molar-refractivity contribution in [3.63, 3.8) is 0 Å². The Kier molecular flexibility index (Phi) is 4.62. The number of hydrogen-bond acceptors (Lipinski definition) is 5. The van der Waals surface area contributed by atoms with Crippen LogP contribution < -0.4 is 0 Å². The van der Waals surface area contributed by atoms with E-state index in [9.17, 15) is 4.79 Å². The molecule has 0 aromatic carbocycles. The quantitative estimate of drug-likeness (QED) is 0.812. The number of carboxylic acid groups (broad SMARTS) is 1. The van der Waals surface area contributed by atoms with Crippen LogP contribution >= 0.6 is 0 Å². The lowest BCUT2D eigenvalue weighted by molar-refractivity contribution is -0.139. The fourth-order valence-electron chi connectivity index (χ4n) is 1.34. The van der Waals surface area contributed by atoms with Gasteiger partial charge in [0.1, 0.15) is 0 Å². The predicted molar refractivity (Wildman–Crippen MR) is 61.6 cm³/mol. The van der Waals surface area contributed by atoms with E-state index in [-0.39, 0.29) is 18.5 Å². The molecule has 0 fully saturated rings. The van der Waals surface area contributed by atoms with Crippen LogP contribution in [-0.2, 0) is 11.3 Å². The van der Waals surface area contributed by atoms with Crippen molar-refractivity contribution in [2.24, 2.45) is 0 Å². The lowest BCUT2D eigenvalue weighted by atomic mass is 10.2. The maximum atomic E-state index is 10.7. The second kappa shape index (κ2) is 5.77. The van der Waals surface area contributed by atoms with Crippen molar-refractivity contribution in [1.29, 1.82) is 0 Å². The molecule has 0 aliphatic heterocycles. The summed E-state index contributed by atoms with van der Waals surface area (Å²) in [5.41, 5.74) is 0. The monoisotopic (exact) mass is 241 g/mol. The largest absolute Gasteiger partial charge is 0.480 e. The van der Waals surface area contributed by atoms with Crippen molar-refractivity contribution < 1.29 is 14.4 Å². The summed E-state index contributed by atoms with van der Waals surface area (Å²) in [6.07, 6.45) is 0. The number of aromatic nitrogens is 2. The zero-order valence-corrected chi connectivity index (χ0v) is 10.7. The standard InChI is InChI=1S/C11H19N3O3/c1-7(2)11-12-9(13-17-11)5-14(8(3)4)6-10(15)16/h7-8H,5-6H2,1-4H3,(H,15,16). The van der Waals surface area contributed by atoms with Gasteiger partial charge in [0.05, 0.1) is 13.1 Å². The lowest BCUT2D eigenvalue weighted by Crippen LogP contribution is -2.35.